The maximum Gasteiger partial charge on any atom is 0.419 e. The quantitative estimate of drug-likeness (QED) is 0.546. The van der Waals surface area contributed by atoms with Gasteiger partial charge >= 0.3 is 6.18 Å². The lowest BCUT2D eigenvalue weighted by molar-refractivity contribution is -0.139. The van der Waals surface area contributed by atoms with Gasteiger partial charge in [0, 0.05) is 17.7 Å². The molecule has 1 aromatic heterocycles. The summed E-state index contributed by atoms with van der Waals surface area (Å²) in [5.41, 5.74) is 5.45. The summed E-state index contributed by atoms with van der Waals surface area (Å²) in [5.74, 6) is 0.239. The van der Waals surface area contributed by atoms with Gasteiger partial charge in [-0.1, -0.05) is 26.3 Å². The number of hydrogen-bond acceptors (Lipinski definition) is 4. The minimum atomic E-state index is -4.59. The summed E-state index contributed by atoms with van der Waals surface area (Å²) < 4.78 is 46.9. The third-order valence-electron chi connectivity index (χ3n) is 5.54. The number of benzene rings is 1. The molecule has 0 bridgehead atoms. The maximum absolute atomic E-state index is 13.8. The molecule has 1 saturated carbocycles. The molecule has 1 aliphatic rings. The lowest BCUT2D eigenvalue weighted by atomic mass is 9.85. The Morgan fingerprint density at radius 1 is 1.22 bits per heavy atom. The standard InChI is InChI=1S/C24H30F3N3O2/c1-15(2)13-23(3,28)14-32-20-8-7-17(11-19(20)24(25,26)27)18-9-10-29-21(12-18)30-22(31)16-5-4-6-16/h7-12,15-16H,4-6,13-14,28H2,1-3H3,(H,29,30,31)/t23-/m0/s1. The summed E-state index contributed by atoms with van der Waals surface area (Å²) in [6.07, 6.45) is 0.222. The Labute approximate surface area is 186 Å². The lowest BCUT2D eigenvalue weighted by Crippen LogP contribution is -2.43. The van der Waals surface area contributed by atoms with Crippen LogP contribution in [-0.2, 0) is 11.0 Å². The van der Waals surface area contributed by atoms with E-state index in [0.29, 0.717) is 29.3 Å². The molecule has 174 valence electrons. The predicted octanol–water partition coefficient (Wildman–Crippen LogP) is 5.65. The fourth-order valence-electron chi connectivity index (χ4n) is 3.87. The molecule has 2 aromatic rings. The molecule has 1 aromatic carbocycles. The van der Waals surface area contributed by atoms with Gasteiger partial charge in [0.1, 0.15) is 18.2 Å². The maximum atomic E-state index is 13.8. The highest BCUT2D eigenvalue weighted by Crippen LogP contribution is 2.39. The number of halogens is 3. The van der Waals surface area contributed by atoms with Crippen molar-refractivity contribution in [3.63, 3.8) is 0 Å². The first-order valence-corrected chi connectivity index (χ1v) is 10.8. The Hall–Kier alpha value is -2.61. The predicted molar refractivity (Wildman–Crippen MR) is 118 cm³/mol. The number of hydrogen-bond donors (Lipinski definition) is 2. The van der Waals surface area contributed by atoms with Gasteiger partial charge in [0.05, 0.1) is 5.56 Å². The average molecular weight is 450 g/mol. The highest BCUT2D eigenvalue weighted by atomic mass is 19.4. The average Bonchev–Trinajstić information content (AvgIpc) is 2.63. The molecule has 8 heteroatoms. The number of pyridine rings is 1. The van der Waals surface area contributed by atoms with E-state index in [0.717, 1.165) is 25.3 Å². The van der Waals surface area contributed by atoms with Crippen LogP contribution in [0.15, 0.2) is 36.5 Å². The van der Waals surface area contributed by atoms with Crippen molar-refractivity contribution in [2.24, 2.45) is 17.6 Å². The molecule has 0 saturated heterocycles. The van der Waals surface area contributed by atoms with E-state index in [9.17, 15) is 18.0 Å². The molecule has 3 N–H and O–H groups in total. The second kappa shape index (κ2) is 9.48. The third kappa shape index (κ3) is 6.22. The number of rotatable bonds is 8. The summed E-state index contributed by atoms with van der Waals surface area (Å²) in [6, 6.07) is 7.11. The minimum absolute atomic E-state index is 0.0161. The number of anilines is 1. The first-order valence-electron chi connectivity index (χ1n) is 10.8. The van der Waals surface area contributed by atoms with Gasteiger partial charge in [0.2, 0.25) is 5.91 Å². The molecule has 0 spiro atoms. The van der Waals surface area contributed by atoms with Crippen LogP contribution in [0.1, 0.15) is 52.0 Å². The van der Waals surface area contributed by atoms with Gasteiger partial charge in [-0.3, -0.25) is 4.79 Å². The van der Waals surface area contributed by atoms with Crippen molar-refractivity contribution < 1.29 is 22.7 Å². The van der Waals surface area contributed by atoms with Crippen molar-refractivity contribution >= 4 is 11.7 Å². The molecule has 3 rings (SSSR count). The van der Waals surface area contributed by atoms with Crippen LogP contribution in [0.25, 0.3) is 11.1 Å². The molecular weight excluding hydrogens is 419 g/mol. The number of carbonyl (C=O) groups is 1. The SMILES string of the molecule is CC(C)C[C@](C)(N)COc1ccc(-c2ccnc(NC(=O)C3CCC3)c2)cc1C(F)(F)F. The molecule has 32 heavy (non-hydrogen) atoms. The number of carbonyl (C=O) groups excluding carboxylic acids is 1. The molecule has 0 unspecified atom stereocenters. The van der Waals surface area contributed by atoms with Crippen molar-refractivity contribution in [3.05, 3.63) is 42.1 Å². The summed E-state index contributed by atoms with van der Waals surface area (Å²) in [6.45, 7) is 5.74. The number of alkyl halides is 3. The molecule has 5 nitrogen and oxygen atoms in total. The van der Waals surface area contributed by atoms with Crippen molar-refractivity contribution in [2.45, 2.75) is 58.2 Å². The molecule has 1 heterocycles. The van der Waals surface area contributed by atoms with Crippen LogP contribution in [0.4, 0.5) is 19.0 Å². The molecule has 1 amide bonds. The molecule has 1 fully saturated rings. The first kappa shape index (κ1) is 24.0. The van der Waals surface area contributed by atoms with Crippen LogP contribution >= 0.6 is 0 Å². The van der Waals surface area contributed by atoms with Gasteiger partial charge in [0.25, 0.3) is 0 Å². The number of amides is 1. The van der Waals surface area contributed by atoms with E-state index >= 15 is 0 Å². The number of nitrogens with zero attached hydrogens (tertiary/aromatic N) is 1. The van der Waals surface area contributed by atoms with Crippen LogP contribution in [0.3, 0.4) is 0 Å². The van der Waals surface area contributed by atoms with Gasteiger partial charge in [-0.2, -0.15) is 13.2 Å². The third-order valence-corrected chi connectivity index (χ3v) is 5.54. The van der Waals surface area contributed by atoms with E-state index in [1.807, 2.05) is 13.8 Å². The molecule has 1 atom stereocenters. The minimum Gasteiger partial charge on any atom is -0.491 e. The summed E-state index contributed by atoms with van der Waals surface area (Å²) in [7, 11) is 0. The largest absolute Gasteiger partial charge is 0.491 e. The van der Waals surface area contributed by atoms with Crippen LogP contribution in [0.2, 0.25) is 0 Å². The van der Waals surface area contributed by atoms with E-state index < -0.39 is 17.3 Å². The Bertz CT molecular complexity index is 954. The van der Waals surface area contributed by atoms with Gasteiger partial charge < -0.3 is 15.8 Å². The molecule has 1 aliphatic carbocycles. The zero-order valence-electron chi connectivity index (χ0n) is 18.6. The van der Waals surface area contributed by atoms with E-state index in [4.69, 9.17) is 10.5 Å². The van der Waals surface area contributed by atoms with Crippen LogP contribution in [0.5, 0.6) is 5.75 Å². The van der Waals surface area contributed by atoms with E-state index in [2.05, 4.69) is 10.3 Å². The molecule has 0 radical (unpaired) electrons. The Morgan fingerprint density at radius 2 is 1.91 bits per heavy atom. The second-order valence-electron chi connectivity index (χ2n) is 9.30. The Kier molecular flexibility index (Phi) is 7.12. The number of nitrogens with two attached hydrogens (primary N) is 1. The monoisotopic (exact) mass is 449 g/mol. The van der Waals surface area contributed by atoms with Gasteiger partial charge in [-0.25, -0.2) is 4.98 Å². The van der Waals surface area contributed by atoms with Gasteiger partial charge in [-0.15, -0.1) is 0 Å². The Balaban J connectivity index is 1.82. The van der Waals surface area contributed by atoms with E-state index in [1.54, 1.807) is 25.1 Å². The first-order chi connectivity index (χ1) is 14.9. The van der Waals surface area contributed by atoms with Gasteiger partial charge in [0.15, 0.2) is 0 Å². The normalized spacial score (nSPS) is 16.4. The molecular formula is C24H30F3N3O2. The highest BCUT2D eigenvalue weighted by Gasteiger charge is 2.35. The fraction of sp³-hybridized carbons (Fsp3) is 0.500. The van der Waals surface area contributed by atoms with Gasteiger partial charge in [-0.05, 0) is 67.5 Å². The second-order valence-corrected chi connectivity index (χ2v) is 9.30. The van der Waals surface area contributed by atoms with Crippen molar-refractivity contribution in [1.29, 1.82) is 0 Å². The molecule has 0 aliphatic heterocycles. The van der Waals surface area contributed by atoms with Crippen molar-refractivity contribution in [1.82, 2.24) is 4.98 Å². The van der Waals surface area contributed by atoms with E-state index in [-0.39, 0.29) is 24.2 Å². The van der Waals surface area contributed by atoms with Crippen molar-refractivity contribution in [2.75, 3.05) is 11.9 Å². The van der Waals surface area contributed by atoms with Crippen LogP contribution in [0, 0.1) is 11.8 Å². The summed E-state index contributed by atoms with van der Waals surface area (Å²) in [5, 5.41) is 2.75. The summed E-state index contributed by atoms with van der Waals surface area (Å²) in [4.78, 5) is 16.3. The van der Waals surface area contributed by atoms with Crippen molar-refractivity contribution in [3.8, 4) is 16.9 Å². The summed E-state index contributed by atoms with van der Waals surface area (Å²) >= 11 is 0. The zero-order chi connectivity index (χ0) is 23.5. The number of aromatic nitrogens is 1. The topological polar surface area (TPSA) is 77.2 Å². The van der Waals surface area contributed by atoms with Crippen LogP contribution < -0.4 is 15.8 Å². The number of ether oxygens (including phenoxy) is 1. The smallest absolute Gasteiger partial charge is 0.419 e. The zero-order valence-corrected chi connectivity index (χ0v) is 18.6. The highest BCUT2D eigenvalue weighted by molar-refractivity contribution is 5.92. The lowest BCUT2D eigenvalue weighted by Gasteiger charge is -2.27. The fourth-order valence-corrected chi connectivity index (χ4v) is 3.87. The number of nitrogens with one attached hydrogen (secondary N) is 1. The van der Waals surface area contributed by atoms with Crippen LogP contribution in [-0.4, -0.2) is 23.0 Å². The van der Waals surface area contributed by atoms with E-state index in [1.165, 1.54) is 12.3 Å². The Morgan fingerprint density at radius 3 is 2.50 bits per heavy atom.